The molecule has 1 aromatic heterocycles. The Morgan fingerprint density at radius 2 is 1.85 bits per heavy atom. The quantitative estimate of drug-likeness (QED) is 0.769. The average Bonchev–Trinajstić information content (AvgIpc) is 2.66. The summed E-state index contributed by atoms with van der Waals surface area (Å²) in [5.74, 6) is -0.376. The molecule has 1 heterocycles. The first-order valence-electron chi connectivity index (χ1n) is 8.41. The van der Waals surface area contributed by atoms with Crippen molar-refractivity contribution in [1.82, 2.24) is 9.78 Å². The number of benzene rings is 2. The van der Waals surface area contributed by atoms with Gasteiger partial charge in [-0.05, 0) is 30.2 Å². The Morgan fingerprint density at radius 1 is 1.15 bits per heavy atom. The summed E-state index contributed by atoms with van der Waals surface area (Å²) in [6.07, 6.45) is 1.06. The van der Waals surface area contributed by atoms with E-state index < -0.39 is 0 Å². The highest BCUT2D eigenvalue weighted by Gasteiger charge is 2.16. The van der Waals surface area contributed by atoms with Crippen LogP contribution in [0.1, 0.15) is 29.4 Å². The van der Waals surface area contributed by atoms with Crippen molar-refractivity contribution in [2.24, 2.45) is 0 Å². The summed E-state index contributed by atoms with van der Waals surface area (Å²) in [6, 6.07) is 16.1. The number of nitriles is 1. The zero-order valence-corrected chi connectivity index (χ0v) is 14.4. The average molecular weight is 346 g/mol. The Hall–Kier alpha value is -3.46. The molecule has 1 N–H and O–H groups in total. The fourth-order valence-electron chi connectivity index (χ4n) is 2.75. The van der Waals surface area contributed by atoms with E-state index >= 15 is 0 Å². The summed E-state index contributed by atoms with van der Waals surface area (Å²) >= 11 is 0. The van der Waals surface area contributed by atoms with E-state index in [0.29, 0.717) is 29.4 Å². The number of carbonyl (C=O) groups is 1. The lowest BCUT2D eigenvalue weighted by Crippen LogP contribution is -2.27. The summed E-state index contributed by atoms with van der Waals surface area (Å²) < 4.78 is 1.34. The molecule has 1 amide bonds. The molecule has 0 bridgehead atoms. The number of anilines is 1. The van der Waals surface area contributed by atoms with Crippen LogP contribution in [0.2, 0.25) is 0 Å². The van der Waals surface area contributed by atoms with Crippen LogP contribution in [0.3, 0.4) is 0 Å². The summed E-state index contributed by atoms with van der Waals surface area (Å²) in [7, 11) is 0. The van der Waals surface area contributed by atoms with E-state index in [0.717, 1.165) is 12.0 Å². The van der Waals surface area contributed by atoms with Gasteiger partial charge in [0.25, 0.3) is 11.5 Å². The van der Waals surface area contributed by atoms with Crippen LogP contribution in [0.5, 0.6) is 0 Å². The van der Waals surface area contributed by atoms with Crippen LogP contribution in [-0.2, 0) is 13.0 Å². The smallest absolute Gasteiger partial charge is 0.276 e. The minimum atomic E-state index is -0.376. The van der Waals surface area contributed by atoms with E-state index in [2.05, 4.69) is 16.5 Å². The zero-order chi connectivity index (χ0) is 18.5. The van der Waals surface area contributed by atoms with Crippen LogP contribution in [0.25, 0.3) is 10.8 Å². The number of rotatable bonds is 5. The topological polar surface area (TPSA) is 87.8 Å². The van der Waals surface area contributed by atoms with Gasteiger partial charge in [-0.1, -0.05) is 37.3 Å². The molecule has 0 radical (unpaired) electrons. The van der Waals surface area contributed by atoms with Gasteiger partial charge in [-0.15, -0.1) is 0 Å². The molecule has 6 heteroatoms. The first kappa shape index (κ1) is 17.4. The third kappa shape index (κ3) is 3.47. The number of nitrogens with one attached hydrogen (secondary N) is 1. The van der Waals surface area contributed by atoms with Gasteiger partial charge >= 0.3 is 0 Å². The highest BCUT2D eigenvalue weighted by molar-refractivity contribution is 6.11. The van der Waals surface area contributed by atoms with Crippen molar-refractivity contribution < 1.29 is 4.79 Å². The maximum absolute atomic E-state index is 12.8. The van der Waals surface area contributed by atoms with Gasteiger partial charge in [0.15, 0.2) is 5.69 Å². The predicted octanol–water partition coefficient (Wildman–Crippen LogP) is 3.12. The summed E-state index contributed by atoms with van der Waals surface area (Å²) in [5.41, 5.74) is 1.51. The Kier molecular flexibility index (Phi) is 5.09. The van der Waals surface area contributed by atoms with Crippen molar-refractivity contribution in [2.45, 2.75) is 26.3 Å². The van der Waals surface area contributed by atoms with E-state index in [9.17, 15) is 9.59 Å². The molecular formula is C20H18N4O2. The van der Waals surface area contributed by atoms with Gasteiger partial charge in [0.1, 0.15) is 0 Å². The fraction of sp³-hybridized carbons (Fsp3) is 0.200. The molecule has 3 rings (SSSR count). The van der Waals surface area contributed by atoms with Crippen molar-refractivity contribution in [3.05, 3.63) is 70.1 Å². The highest BCUT2D eigenvalue weighted by atomic mass is 16.2. The summed E-state index contributed by atoms with van der Waals surface area (Å²) in [6.45, 7) is 2.40. The normalized spacial score (nSPS) is 10.5. The first-order valence-corrected chi connectivity index (χ1v) is 8.41. The number of aromatic nitrogens is 2. The fourth-order valence-corrected chi connectivity index (χ4v) is 2.75. The van der Waals surface area contributed by atoms with Gasteiger partial charge in [0, 0.05) is 17.6 Å². The van der Waals surface area contributed by atoms with Gasteiger partial charge < -0.3 is 5.32 Å². The molecule has 0 unspecified atom stereocenters. The standard InChI is InChI=1S/C20H18N4O2/c1-2-13-24-20(26)17-6-4-3-5-16(17)18(23-24)19(25)22-15-9-7-14(8-10-15)11-12-21/h3-10H,2,11,13H2,1H3,(H,22,25). The molecule has 0 saturated heterocycles. The van der Waals surface area contributed by atoms with E-state index in [4.69, 9.17) is 5.26 Å². The third-order valence-corrected chi connectivity index (χ3v) is 4.01. The molecule has 0 aliphatic carbocycles. The van der Waals surface area contributed by atoms with Crippen LogP contribution < -0.4 is 10.9 Å². The first-order chi connectivity index (χ1) is 12.6. The van der Waals surface area contributed by atoms with Gasteiger partial charge in [0.2, 0.25) is 0 Å². The maximum atomic E-state index is 12.8. The second-order valence-electron chi connectivity index (χ2n) is 5.91. The Balaban J connectivity index is 1.98. The van der Waals surface area contributed by atoms with E-state index in [-0.39, 0.29) is 17.2 Å². The molecule has 0 fully saturated rings. The van der Waals surface area contributed by atoms with Gasteiger partial charge in [-0.3, -0.25) is 9.59 Å². The number of amides is 1. The molecule has 0 atom stereocenters. The van der Waals surface area contributed by atoms with Crippen molar-refractivity contribution in [1.29, 1.82) is 5.26 Å². The van der Waals surface area contributed by atoms with Crippen molar-refractivity contribution in [3.63, 3.8) is 0 Å². The number of carbonyl (C=O) groups excluding carboxylic acids is 1. The number of nitrogens with zero attached hydrogens (tertiary/aromatic N) is 3. The van der Waals surface area contributed by atoms with Gasteiger partial charge in [0.05, 0.1) is 17.9 Å². The number of aryl methyl sites for hydroxylation is 1. The van der Waals surface area contributed by atoms with E-state index in [1.165, 1.54) is 4.68 Å². The minimum absolute atomic E-state index is 0.195. The van der Waals surface area contributed by atoms with Crippen LogP contribution in [0.15, 0.2) is 53.3 Å². The molecular weight excluding hydrogens is 328 g/mol. The largest absolute Gasteiger partial charge is 0.321 e. The predicted molar refractivity (Wildman–Crippen MR) is 100 cm³/mol. The highest BCUT2D eigenvalue weighted by Crippen LogP contribution is 2.16. The van der Waals surface area contributed by atoms with Crippen molar-refractivity contribution >= 4 is 22.4 Å². The number of hydrogen-bond donors (Lipinski definition) is 1. The molecule has 0 aliphatic rings. The summed E-state index contributed by atoms with van der Waals surface area (Å²) in [5, 5.41) is 16.8. The molecule has 3 aromatic rings. The van der Waals surface area contributed by atoms with Crippen molar-refractivity contribution in [3.8, 4) is 6.07 Å². The van der Waals surface area contributed by atoms with E-state index in [1.54, 1.807) is 48.5 Å². The number of hydrogen-bond acceptors (Lipinski definition) is 4. The molecule has 6 nitrogen and oxygen atoms in total. The van der Waals surface area contributed by atoms with E-state index in [1.807, 2.05) is 6.92 Å². The van der Waals surface area contributed by atoms with Crippen LogP contribution in [0.4, 0.5) is 5.69 Å². The Morgan fingerprint density at radius 3 is 2.50 bits per heavy atom. The zero-order valence-electron chi connectivity index (χ0n) is 14.4. The monoisotopic (exact) mass is 346 g/mol. The number of fused-ring (bicyclic) bond motifs is 1. The summed E-state index contributed by atoms with van der Waals surface area (Å²) in [4.78, 5) is 25.3. The SMILES string of the molecule is CCCn1nc(C(=O)Nc2ccc(CC#N)cc2)c2ccccc2c1=O. The minimum Gasteiger partial charge on any atom is -0.321 e. The third-order valence-electron chi connectivity index (χ3n) is 4.01. The molecule has 0 saturated carbocycles. The van der Waals surface area contributed by atoms with Gasteiger partial charge in [-0.25, -0.2) is 4.68 Å². The maximum Gasteiger partial charge on any atom is 0.276 e. The lowest BCUT2D eigenvalue weighted by atomic mass is 10.1. The second-order valence-corrected chi connectivity index (χ2v) is 5.91. The van der Waals surface area contributed by atoms with Crippen LogP contribution >= 0.6 is 0 Å². The van der Waals surface area contributed by atoms with Crippen LogP contribution in [0, 0.1) is 11.3 Å². The Bertz CT molecular complexity index is 1050. The molecule has 130 valence electrons. The van der Waals surface area contributed by atoms with Crippen molar-refractivity contribution in [2.75, 3.05) is 5.32 Å². The van der Waals surface area contributed by atoms with Gasteiger partial charge in [-0.2, -0.15) is 10.4 Å². The molecule has 26 heavy (non-hydrogen) atoms. The Labute approximate surface area is 150 Å². The molecule has 0 aliphatic heterocycles. The molecule has 2 aromatic carbocycles. The second kappa shape index (κ2) is 7.62. The molecule has 0 spiro atoms. The van der Waals surface area contributed by atoms with Crippen LogP contribution in [-0.4, -0.2) is 15.7 Å². The lowest BCUT2D eigenvalue weighted by Gasteiger charge is -2.11. The lowest BCUT2D eigenvalue weighted by molar-refractivity contribution is 0.102.